The number of aromatic nitrogens is 2. The standard InChI is InChI=1S/C11H11N3O2/c12-10(16)7-14-6-5-13-11(14)8-1-3-9(15)4-2-8/h1-6,15H,7H2,(H2,12,16). The third-order valence-electron chi connectivity index (χ3n) is 2.17. The van der Waals surface area contributed by atoms with Gasteiger partial charge in [-0.05, 0) is 24.3 Å². The van der Waals surface area contributed by atoms with E-state index in [1.54, 1.807) is 41.2 Å². The van der Waals surface area contributed by atoms with Gasteiger partial charge < -0.3 is 15.4 Å². The number of nitrogens with two attached hydrogens (primary N) is 1. The molecule has 5 heteroatoms. The summed E-state index contributed by atoms with van der Waals surface area (Å²) in [5.41, 5.74) is 5.95. The summed E-state index contributed by atoms with van der Waals surface area (Å²) >= 11 is 0. The van der Waals surface area contributed by atoms with Gasteiger partial charge in [-0.1, -0.05) is 0 Å². The fourth-order valence-corrected chi connectivity index (χ4v) is 1.48. The minimum absolute atomic E-state index is 0.0935. The molecule has 0 unspecified atom stereocenters. The molecule has 1 amide bonds. The number of rotatable bonds is 3. The summed E-state index contributed by atoms with van der Waals surface area (Å²) in [5, 5.41) is 9.17. The lowest BCUT2D eigenvalue weighted by molar-refractivity contribution is -0.118. The van der Waals surface area contributed by atoms with Crippen LogP contribution in [-0.4, -0.2) is 20.6 Å². The lowest BCUT2D eigenvalue weighted by atomic mass is 10.2. The first-order valence-electron chi connectivity index (χ1n) is 4.75. The van der Waals surface area contributed by atoms with Gasteiger partial charge in [0.05, 0.1) is 0 Å². The van der Waals surface area contributed by atoms with Gasteiger partial charge in [-0.15, -0.1) is 0 Å². The molecule has 5 nitrogen and oxygen atoms in total. The van der Waals surface area contributed by atoms with E-state index in [0.29, 0.717) is 5.82 Å². The highest BCUT2D eigenvalue weighted by Gasteiger charge is 2.07. The highest BCUT2D eigenvalue weighted by Crippen LogP contribution is 2.20. The molecule has 0 bridgehead atoms. The van der Waals surface area contributed by atoms with Crippen LogP contribution in [0.4, 0.5) is 0 Å². The van der Waals surface area contributed by atoms with Crippen LogP contribution in [0, 0.1) is 0 Å². The Morgan fingerprint density at radius 1 is 1.38 bits per heavy atom. The second-order valence-electron chi connectivity index (χ2n) is 3.39. The molecule has 0 fully saturated rings. The maximum Gasteiger partial charge on any atom is 0.237 e. The number of primary amides is 1. The van der Waals surface area contributed by atoms with Gasteiger partial charge in [-0.3, -0.25) is 4.79 Å². The van der Waals surface area contributed by atoms with Crippen LogP contribution < -0.4 is 5.73 Å². The molecular weight excluding hydrogens is 206 g/mol. The Kier molecular flexibility index (Phi) is 2.59. The van der Waals surface area contributed by atoms with E-state index in [9.17, 15) is 4.79 Å². The first-order valence-corrected chi connectivity index (χ1v) is 4.75. The van der Waals surface area contributed by atoms with E-state index in [1.165, 1.54) is 0 Å². The molecule has 1 heterocycles. The van der Waals surface area contributed by atoms with Crippen molar-refractivity contribution in [1.82, 2.24) is 9.55 Å². The number of hydrogen-bond donors (Lipinski definition) is 2. The van der Waals surface area contributed by atoms with Crippen LogP contribution in [0.15, 0.2) is 36.7 Å². The molecule has 0 aliphatic carbocycles. The van der Waals surface area contributed by atoms with Crippen molar-refractivity contribution in [2.24, 2.45) is 5.73 Å². The highest BCUT2D eigenvalue weighted by atomic mass is 16.3. The lowest BCUT2D eigenvalue weighted by Gasteiger charge is -2.05. The third-order valence-corrected chi connectivity index (χ3v) is 2.17. The van der Waals surface area contributed by atoms with Gasteiger partial charge in [0.2, 0.25) is 5.91 Å². The molecular formula is C11H11N3O2. The maximum absolute atomic E-state index is 10.8. The van der Waals surface area contributed by atoms with E-state index in [2.05, 4.69) is 4.98 Å². The van der Waals surface area contributed by atoms with Gasteiger partial charge in [0.1, 0.15) is 18.1 Å². The molecule has 0 spiro atoms. The minimum atomic E-state index is -0.418. The number of phenols is 1. The number of imidazole rings is 1. The van der Waals surface area contributed by atoms with Gasteiger partial charge in [-0.25, -0.2) is 4.98 Å². The van der Waals surface area contributed by atoms with E-state index >= 15 is 0 Å². The fraction of sp³-hybridized carbons (Fsp3) is 0.0909. The first-order chi connectivity index (χ1) is 7.66. The smallest absolute Gasteiger partial charge is 0.237 e. The van der Waals surface area contributed by atoms with E-state index in [0.717, 1.165) is 5.56 Å². The molecule has 2 rings (SSSR count). The molecule has 0 radical (unpaired) electrons. The molecule has 0 aliphatic heterocycles. The zero-order chi connectivity index (χ0) is 11.5. The Balaban J connectivity index is 2.36. The van der Waals surface area contributed by atoms with Crippen molar-refractivity contribution >= 4 is 5.91 Å². The summed E-state index contributed by atoms with van der Waals surface area (Å²) in [4.78, 5) is 15.0. The summed E-state index contributed by atoms with van der Waals surface area (Å²) in [6.45, 7) is 0.0935. The van der Waals surface area contributed by atoms with E-state index in [-0.39, 0.29) is 12.3 Å². The second-order valence-corrected chi connectivity index (χ2v) is 3.39. The number of amides is 1. The molecule has 3 N–H and O–H groups in total. The van der Waals surface area contributed by atoms with Crippen LogP contribution in [0.25, 0.3) is 11.4 Å². The number of phenolic OH excluding ortho intramolecular Hbond substituents is 1. The van der Waals surface area contributed by atoms with Gasteiger partial charge in [0.15, 0.2) is 0 Å². The SMILES string of the molecule is NC(=O)Cn1ccnc1-c1ccc(O)cc1. The predicted molar refractivity (Wildman–Crippen MR) is 58.5 cm³/mol. The Labute approximate surface area is 92.2 Å². The molecule has 0 atom stereocenters. The van der Waals surface area contributed by atoms with Crippen molar-refractivity contribution in [3.8, 4) is 17.1 Å². The van der Waals surface area contributed by atoms with Crippen LogP contribution in [0.1, 0.15) is 0 Å². The Morgan fingerprint density at radius 3 is 2.69 bits per heavy atom. The average molecular weight is 217 g/mol. The van der Waals surface area contributed by atoms with Gasteiger partial charge in [0.25, 0.3) is 0 Å². The largest absolute Gasteiger partial charge is 0.508 e. The molecule has 2 aromatic rings. The normalized spacial score (nSPS) is 10.2. The van der Waals surface area contributed by atoms with Gasteiger partial charge >= 0.3 is 0 Å². The minimum Gasteiger partial charge on any atom is -0.508 e. The van der Waals surface area contributed by atoms with E-state index < -0.39 is 5.91 Å². The third kappa shape index (κ3) is 2.03. The first kappa shape index (κ1) is 10.2. The molecule has 1 aromatic heterocycles. The quantitative estimate of drug-likeness (QED) is 0.795. The Morgan fingerprint density at radius 2 is 2.06 bits per heavy atom. The monoisotopic (exact) mass is 217 g/mol. The van der Waals surface area contributed by atoms with Crippen molar-refractivity contribution in [2.75, 3.05) is 0 Å². The number of aromatic hydroxyl groups is 1. The molecule has 0 saturated heterocycles. The Bertz CT molecular complexity index is 502. The van der Waals surface area contributed by atoms with Crippen LogP contribution in [0.5, 0.6) is 5.75 Å². The number of carbonyl (C=O) groups excluding carboxylic acids is 1. The molecule has 16 heavy (non-hydrogen) atoms. The number of carbonyl (C=O) groups is 1. The zero-order valence-electron chi connectivity index (χ0n) is 8.50. The number of benzene rings is 1. The average Bonchev–Trinajstić information content (AvgIpc) is 2.66. The molecule has 0 aliphatic rings. The summed E-state index contributed by atoms with van der Waals surface area (Å²) in [7, 11) is 0. The number of hydrogen-bond acceptors (Lipinski definition) is 3. The predicted octanol–water partition coefficient (Wildman–Crippen LogP) is 0.741. The van der Waals surface area contributed by atoms with Crippen molar-refractivity contribution in [1.29, 1.82) is 0 Å². The molecule has 0 saturated carbocycles. The van der Waals surface area contributed by atoms with Crippen molar-refractivity contribution < 1.29 is 9.90 Å². The second kappa shape index (κ2) is 4.06. The van der Waals surface area contributed by atoms with Crippen LogP contribution in [0.3, 0.4) is 0 Å². The summed E-state index contributed by atoms with van der Waals surface area (Å²) in [6.07, 6.45) is 3.29. The Hall–Kier alpha value is -2.30. The summed E-state index contributed by atoms with van der Waals surface area (Å²) in [5.74, 6) is 0.425. The van der Waals surface area contributed by atoms with E-state index in [4.69, 9.17) is 10.8 Å². The van der Waals surface area contributed by atoms with E-state index in [1.807, 2.05) is 0 Å². The van der Waals surface area contributed by atoms with Crippen LogP contribution >= 0.6 is 0 Å². The molecule has 82 valence electrons. The molecule has 1 aromatic carbocycles. The maximum atomic E-state index is 10.8. The van der Waals surface area contributed by atoms with Gasteiger partial charge in [0, 0.05) is 18.0 Å². The van der Waals surface area contributed by atoms with Crippen molar-refractivity contribution in [3.63, 3.8) is 0 Å². The number of nitrogens with zero attached hydrogens (tertiary/aromatic N) is 2. The zero-order valence-corrected chi connectivity index (χ0v) is 8.50. The van der Waals surface area contributed by atoms with Gasteiger partial charge in [-0.2, -0.15) is 0 Å². The lowest BCUT2D eigenvalue weighted by Crippen LogP contribution is -2.18. The summed E-state index contributed by atoms with van der Waals surface area (Å²) in [6, 6.07) is 6.60. The van der Waals surface area contributed by atoms with Crippen LogP contribution in [-0.2, 0) is 11.3 Å². The van der Waals surface area contributed by atoms with Crippen molar-refractivity contribution in [3.05, 3.63) is 36.7 Å². The highest BCUT2D eigenvalue weighted by molar-refractivity contribution is 5.74. The van der Waals surface area contributed by atoms with Crippen molar-refractivity contribution in [2.45, 2.75) is 6.54 Å². The fourth-order valence-electron chi connectivity index (χ4n) is 1.48. The topological polar surface area (TPSA) is 81.1 Å². The van der Waals surface area contributed by atoms with Crippen LogP contribution in [0.2, 0.25) is 0 Å². The summed E-state index contributed by atoms with van der Waals surface area (Å²) < 4.78 is 1.66.